The number of halogens is 1. The molecule has 5 nitrogen and oxygen atoms in total. The van der Waals surface area contributed by atoms with Crippen LogP contribution in [0.1, 0.15) is 33.1 Å². The quantitative estimate of drug-likeness (QED) is 0.445. The van der Waals surface area contributed by atoms with E-state index in [0.717, 1.165) is 11.1 Å². The van der Waals surface area contributed by atoms with Crippen molar-refractivity contribution in [3.63, 3.8) is 0 Å². The molecule has 2 aromatic carbocycles. The number of carbonyl (C=O) groups is 1. The van der Waals surface area contributed by atoms with E-state index in [1.165, 1.54) is 12.1 Å². The van der Waals surface area contributed by atoms with Crippen molar-refractivity contribution >= 4 is 5.91 Å². The van der Waals surface area contributed by atoms with Crippen LogP contribution in [0.25, 0.3) is 0 Å². The van der Waals surface area contributed by atoms with Gasteiger partial charge in [-0.05, 0) is 48.9 Å². The van der Waals surface area contributed by atoms with Gasteiger partial charge in [0.1, 0.15) is 17.4 Å². The lowest BCUT2D eigenvalue weighted by molar-refractivity contribution is 0.0711. The number of imidazole rings is 1. The fourth-order valence-electron chi connectivity index (χ4n) is 3.31. The Labute approximate surface area is 174 Å². The predicted octanol–water partition coefficient (Wildman–Crippen LogP) is 4.81. The molecule has 4 rings (SSSR count). The Morgan fingerprint density at radius 3 is 2.67 bits per heavy atom. The lowest BCUT2D eigenvalue weighted by Crippen LogP contribution is -2.31. The van der Waals surface area contributed by atoms with Gasteiger partial charge in [0.25, 0.3) is 5.91 Å². The summed E-state index contributed by atoms with van der Waals surface area (Å²) in [6, 6.07) is 17.6. The molecule has 0 fully saturated rings. The SMILES string of the molecule is Cc1ccc(C(=O)N(Cc2ccco2)Cc2nccn2Cc2cccc(F)c2)cc1. The van der Waals surface area contributed by atoms with E-state index in [-0.39, 0.29) is 11.7 Å². The first kappa shape index (κ1) is 19.6. The molecule has 0 bridgehead atoms. The average Bonchev–Trinajstić information content (AvgIpc) is 3.40. The normalized spacial score (nSPS) is 10.9. The molecular weight excluding hydrogens is 381 g/mol. The highest BCUT2D eigenvalue weighted by molar-refractivity contribution is 5.94. The zero-order valence-corrected chi connectivity index (χ0v) is 16.7. The van der Waals surface area contributed by atoms with Crippen molar-refractivity contribution in [2.45, 2.75) is 26.6 Å². The van der Waals surface area contributed by atoms with E-state index in [1.807, 2.05) is 54.1 Å². The molecule has 2 aromatic heterocycles. The van der Waals surface area contributed by atoms with E-state index in [4.69, 9.17) is 4.42 Å². The van der Waals surface area contributed by atoms with E-state index in [2.05, 4.69) is 4.98 Å². The lowest BCUT2D eigenvalue weighted by atomic mass is 10.1. The first-order valence-electron chi connectivity index (χ1n) is 9.71. The maximum atomic E-state index is 13.6. The van der Waals surface area contributed by atoms with E-state index >= 15 is 0 Å². The van der Waals surface area contributed by atoms with Gasteiger partial charge in [-0.15, -0.1) is 0 Å². The number of benzene rings is 2. The highest BCUT2D eigenvalue weighted by Crippen LogP contribution is 2.16. The maximum absolute atomic E-state index is 13.6. The Balaban J connectivity index is 1.58. The van der Waals surface area contributed by atoms with Gasteiger partial charge in [-0.3, -0.25) is 4.79 Å². The molecule has 0 N–H and O–H groups in total. The molecule has 0 radical (unpaired) electrons. The molecule has 4 aromatic rings. The molecule has 0 unspecified atom stereocenters. The Morgan fingerprint density at radius 2 is 1.93 bits per heavy atom. The zero-order chi connectivity index (χ0) is 20.9. The Hall–Kier alpha value is -3.67. The van der Waals surface area contributed by atoms with Crippen molar-refractivity contribution in [1.82, 2.24) is 14.5 Å². The van der Waals surface area contributed by atoms with Gasteiger partial charge in [-0.1, -0.05) is 29.8 Å². The van der Waals surface area contributed by atoms with Crippen LogP contribution in [0.3, 0.4) is 0 Å². The first-order chi connectivity index (χ1) is 14.6. The number of aromatic nitrogens is 2. The number of carbonyl (C=O) groups excluding carboxylic acids is 1. The molecule has 6 heteroatoms. The fourth-order valence-corrected chi connectivity index (χ4v) is 3.31. The number of furan rings is 1. The molecule has 0 aliphatic rings. The van der Waals surface area contributed by atoms with Crippen LogP contribution in [-0.2, 0) is 19.6 Å². The Bertz CT molecular complexity index is 1120. The minimum Gasteiger partial charge on any atom is -0.467 e. The Kier molecular flexibility index (Phi) is 5.75. The summed E-state index contributed by atoms with van der Waals surface area (Å²) >= 11 is 0. The molecule has 0 spiro atoms. The summed E-state index contributed by atoms with van der Waals surface area (Å²) in [5.41, 5.74) is 2.53. The molecule has 2 heterocycles. The standard InChI is InChI=1S/C24H22FN3O2/c1-18-7-9-20(10-8-18)24(29)28(16-22-6-3-13-30-22)17-23-26-11-12-27(23)15-19-4-2-5-21(25)14-19/h2-14H,15-17H2,1H3. The van der Waals surface area contributed by atoms with Crippen LogP contribution < -0.4 is 0 Å². The van der Waals surface area contributed by atoms with Gasteiger partial charge in [0.05, 0.1) is 19.4 Å². The highest BCUT2D eigenvalue weighted by atomic mass is 19.1. The van der Waals surface area contributed by atoms with Crippen LogP contribution >= 0.6 is 0 Å². The smallest absolute Gasteiger partial charge is 0.254 e. The summed E-state index contributed by atoms with van der Waals surface area (Å²) in [4.78, 5) is 19.4. The molecule has 0 saturated carbocycles. The van der Waals surface area contributed by atoms with Crippen molar-refractivity contribution in [2.24, 2.45) is 0 Å². The van der Waals surface area contributed by atoms with Crippen LogP contribution in [-0.4, -0.2) is 20.4 Å². The summed E-state index contributed by atoms with van der Waals surface area (Å²) in [5, 5.41) is 0. The van der Waals surface area contributed by atoms with Gasteiger partial charge in [0, 0.05) is 24.5 Å². The predicted molar refractivity (Wildman–Crippen MR) is 111 cm³/mol. The topological polar surface area (TPSA) is 51.3 Å². The third-order valence-electron chi connectivity index (χ3n) is 4.89. The van der Waals surface area contributed by atoms with Gasteiger partial charge in [-0.2, -0.15) is 0 Å². The fraction of sp³-hybridized carbons (Fsp3) is 0.167. The summed E-state index contributed by atoms with van der Waals surface area (Å²) in [6.07, 6.45) is 5.12. The Morgan fingerprint density at radius 1 is 1.10 bits per heavy atom. The molecule has 152 valence electrons. The number of aryl methyl sites for hydroxylation is 1. The molecular formula is C24H22FN3O2. The number of hydrogen-bond donors (Lipinski definition) is 0. The monoisotopic (exact) mass is 403 g/mol. The first-order valence-corrected chi connectivity index (χ1v) is 9.71. The maximum Gasteiger partial charge on any atom is 0.254 e. The van der Waals surface area contributed by atoms with Crippen molar-refractivity contribution in [3.8, 4) is 0 Å². The van der Waals surface area contributed by atoms with Crippen molar-refractivity contribution < 1.29 is 13.6 Å². The molecule has 0 atom stereocenters. The largest absolute Gasteiger partial charge is 0.467 e. The molecule has 30 heavy (non-hydrogen) atoms. The third kappa shape index (κ3) is 4.66. The van der Waals surface area contributed by atoms with E-state index in [0.29, 0.717) is 36.8 Å². The van der Waals surface area contributed by atoms with Gasteiger partial charge < -0.3 is 13.9 Å². The van der Waals surface area contributed by atoms with Crippen molar-refractivity contribution in [1.29, 1.82) is 0 Å². The van der Waals surface area contributed by atoms with Crippen molar-refractivity contribution in [3.05, 3.63) is 113 Å². The van der Waals surface area contributed by atoms with E-state index in [1.54, 1.807) is 29.5 Å². The average molecular weight is 403 g/mol. The van der Waals surface area contributed by atoms with Gasteiger partial charge in [0.2, 0.25) is 0 Å². The van der Waals surface area contributed by atoms with Crippen LogP contribution in [0.2, 0.25) is 0 Å². The van der Waals surface area contributed by atoms with Crippen LogP contribution in [0.15, 0.2) is 83.7 Å². The van der Waals surface area contributed by atoms with Gasteiger partial charge in [0.15, 0.2) is 0 Å². The molecule has 0 saturated heterocycles. The van der Waals surface area contributed by atoms with E-state index in [9.17, 15) is 9.18 Å². The van der Waals surface area contributed by atoms with Crippen LogP contribution in [0.5, 0.6) is 0 Å². The number of hydrogen-bond acceptors (Lipinski definition) is 3. The highest BCUT2D eigenvalue weighted by Gasteiger charge is 2.20. The number of rotatable bonds is 7. The zero-order valence-electron chi connectivity index (χ0n) is 16.7. The summed E-state index contributed by atoms with van der Waals surface area (Å²) in [6.45, 7) is 3.08. The molecule has 1 amide bonds. The molecule has 0 aliphatic heterocycles. The summed E-state index contributed by atoms with van der Waals surface area (Å²) in [7, 11) is 0. The van der Waals surface area contributed by atoms with Gasteiger partial charge >= 0.3 is 0 Å². The third-order valence-corrected chi connectivity index (χ3v) is 4.89. The van der Waals surface area contributed by atoms with Gasteiger partial charge in [-0.25, -0.2) is 9.37 Å². The second-order valence-corrected chi connectivity index (χ2v) is 7.21. The van der Waals surface area contributed by atoms with Crippen LogP contribution in [0.4, 0.5) is 4.39 Å². The summed E-state index contributed by atoms with van der Waals surface area (Å²) < 4.78 is 20.9. The number of nitrogens with zero attached hydrogens (tertiary/aromatic N) is 3. The molecule has 0 aliphatic carbocycles. The van der Waals surface area contributed by atoms with E-state index < -0.39 is 0 Å². The summed E-state index contributed by atoms with van der Waals surface area (Å²) in [5.74, 6) is 1.03. The minimum atomic E-state index is -0.275. The minimum absolute atomic E-state index is 0.105. The second kappa shape index (κ2) is 8.78. The lowest BCUT2D eigenvalue weighted by Gasteiger charge is -2.22. The number of amides is 1. The van der Waals surface area contributed by atoms with Crippen molar-refractivity contribution in [2.75, 3.05) is 0 Å². The van der Waals surface area contributed by atoms with Crippen LogP contribution in [0, 0.1) is 12.7 Å². The second-order valence-electron chi connectivity index (χ2n) is 7.21.